The van der Waals surface area contributed by atoms with Crippen LogP contribution in [-0.4, -0.2) is 97.7 Å². The third-order valence-electron chi connectivity index (χ3n) is 7.85. The molecule has 4 aromatic rings. The molecule has 8 rings (SSSR count). The Morgan fingerprint density at radius 2 is 0.696 bits per heavy atom. The summed E-state index contributed by atoms with van der Waals surface area (Å²) in [6, 6.07) is 0. The Morgan fingerprint density at radius 1 is 0.413 bits per heavy atom. The normalized spacial score (nSPS) is 22.7. The average Bonchev–Trinajstić information content (AvgIpc) is 3.84. The molecule has 246 valence electrons. The van der Waals surface area contributed by atoms with E-state index in [2.05, 4.69) is 0 Å². The topological polar surface area (TPSA) is 155 Å². The number of rotatable bonds is 7. The summed E-state index contributed by atoms with van der Waals surface area (Å²) in [5.41, 5.74) is 0. The molecule has 0 bridgehead atoms. The largest absolute Gasteiger partial charge is 0.485 e. The molecule has 0 radical (unpaired) electrons. The van der Waals surface area contributed by atoms with Gasteiger partial charge in [-0.05, 0) is 13.8 Å². The van der Waals surface area contributed by atoms with Crippen molar-refractivity contribution in [1.29, 1.82) is 0 Å². The summed E-state index contributed by atoms with van der Waals surface area (Å²) in [7, 11) is 0. The zero-order valence-corrected chi connectivity index (χ0v) is 27.9. The molecule has 4 unspecified atom stereocenters. The standard InChI is InChI=1S/C30H30O12S4/c1-11-17-22(40-14(4-32)7-35-17)28(43-11)26-20-24(42-16(6-34)9-37-20)30(45-26)27-21-23(41-15(5-33)10-38-21)29(46-27)25-19-18(12(2)44-25)39-13(3-31)8-36-19/h13-16,31-34H,3-10H2,1-2H3. The smallest absolute Gasteiger partial charge is 0.182 e. The first-order valence-corrected chi connectivity index (χ1v) is 17.9. The van der Waals surface area contributed by atoms with Crippen LogP contribution >= 0.6 is 45.3 Å². The molecule has 0 saturated heterocycles. The molecule has 0 spiro atoms. The van der Waals surface area contributed by atoms with Gasteiger partial charge in [0.2, 0.25) is 0 Å². The van der Waals surface area contributed by atoms with Gasteiger partial charge in [-0.25, -0.2) is 0 Å². The Balaban J connectivity index is 1.31. The SMILES string of the molecule is Cc1sc(-c2sc(-c3sc(-c4sc(C)c5c4OC(CO)CO5)c4c3OC(CO)CO4)c3c2OC(CO)CO3)c2c1OC(CO)CO2. The second-order valence-corrected chi connectivity index (χ2v) is 15.6. The van der Waals surface area contributed by atoms with E-state index in [-0.39, 0.29) is 52.9 Å². The zero-order valence-electron chi connectivity index (χ0n) is 24.7. The molecule has 4 aromatic heterocycles. The molecule has 0 aromatic carbocycles. The Kier molecular flexibility index (Phi) is 7.88. The molecule has 4 atom stereocenters. The quantitative estimate of drug-likeness (QED) is 0.219. The highest BCUT2D eigenvalue weighted by Gasteiger charge is 2.40. The number of thiophene rings is 4. The lowest BCUT2D eigenvalue weighted by Gasteiger charge is -2.26. The predicted octanol–water partition coefficient (Wildman–Crippen LogP) is 4.08. The molecule has 12 nitrogen and oxygen atoms in total. The zero-order chi connectivity index (χ0) is 31.7. The molecule has 0 fully saturated rings. The molecule has 4 N–H and O–H groups in total. The van der Waals surface area contributed by atoms with Crippen molar-refractivity contribution in [3.8, 4) is 75.3 Å². The van der Waals surface area contributed by atoms with Gasteiger partial charge < -0.3 is 58.3 Å². The second kappa shape index (κ2) is 11.9. The number of hydrogen-bond acceptors (Lipinski definition) is 16. The second-order valence-electron chi connectivity index (χ2n) is 11.1. The van der Waals surface area contributed by atoms with Gasteiger partial charge >= 0.3 is 0 Å². The molecule has 0 saturated carbocycles. The lowest BCUT2D eigenvalue weighted by molar-refractivity contribution is 0.0451. The van der Waals surface area contributed by atoms with E-state index in [0.717, 1.165) is 39.0 Å². The van der Waals surface area contributed by atoms with Crippen molar-refractivity contribution in [2.45, 2.75) is 38.3 Å². The summed E-state index contributed by atoms with van der Waals surface area (Å²) in [5.74, 6) is 4.33. The minimum atomic E-state index is -0.575. The van der Waals surface area contributed by atoms with Gasteiger partial charge in [-0.3, -0.25) is 0 Å². The highest BCUT2D eigenvalue weighted by atomic mass is 32.1. The monoisotopic (exact) mass is 710 g/mol. The van der Waals surface area contributed by atoms with Crippen LogP contribution in [-0.2, 0) is 0 Å². The molecule has 8 heterocycles. The molecule has 0 amide bonds. The van der Waals surface area contributed by atoms with Gasteiger partial charge in [0.15, 0.2) is 70.4 Å². The number of aliphatic hydroxyl groups is 4. The number of fused-ring (bicyclic) bond motifs is 4. The first-order chi connectivity index (χ1) is 22.4. The minimum Gasteiger partial charge on any atom is -0.485 e. The minimum absolute atomic E-state index is 0.147. The van der Waals surface area contributed by atoms with E-state index in [0.29, 0.717) is 46.0 Å². The van der Waals surface area contributed by atoms with E-state index < -0.39 is 24.4 Å². The highest BCUT2D eigenvalue weighted by Crippen LogP contribution is 2.65. The summed E-state index contributed by atoms with van der Waals surface area (Å²) in [6.45, 7) is 3.85. The Bertz CT molecular complexity index is 1790. The average molecular weight is 711 g/mol. The first kappa shape index (κ1) is 30.4. The molecular formula is C30H30O12S4. The molecular weight excluding hydrogens is 681 g/mol. The van der Waals surface area contributed by atoms with Gasteiger partial charge in [-0.2, -0.15) is 0 Å². The molecule has 4 aliphatic heterocycles. The van der Waals surface area contributed by atoms with Crippen LogP contribution in [0.1, 0.15) is 9.75 Å². The fraction of sp³-hybridized carbons (Fsp3) is 0.467. The number of ether oxygens (including phenoxy) is 8. The maximum Gasteiger partial charge on any atom is 0.182 e. The Hall–Kier alpha value is -2.96. The van der Waals surface area contributed by atoms with Crippen molar-refractivity contribution in [2.75, 3.05) is 52.9 Å². The summed E-state index contributed by atoms with van der Waals surface area (Å²) in [5, 5.41) is 39.4. The van der Waals surface area contributed by atoms with E-state index in [1.807, 2.05) is 13.8 Å². The van der Waals surface area contributed by atoms with Crippen molar-refractivity contribution in [1.82, 2.24) is 0 Å². The fourth-order valence-corrected chi connectivity index (χ4v) is 10.4. The number of aliphatic hydroxyl groups excluding tert-OH is 4. The summed E-state index contributed by atoms with van der Waals surface area (Å²) in [4.78, 5) is 6.36. The van der Waals surface area contributed by atoms with Gasteiger partial charge in [-0.1, -0.05) is 0 Å². The van der Waals surface area contributed by atoms with Crippen LogP contribution in [0.15, 0.2) is 0 Å². The summed E-state index contributed by atoms with van der Waals surface area (Å²) < 4.78 is 49.6. The van der Waals surface area contributed by atoms with Crippen molar-refractivity contribution in [3.05, 3.63) is 9.75 Å². The Morgan fingerprint density at radius 3 is 1.13 bits per heavy atom. The lowest BCUT2D eigenvalue weighted by atomic mass is 10.2. The van der Waals surface area contributed by atoms with E-state index in [1.165, 1.54) is 45.3 Å². The number of aryl methyl sites for hydroxylation is 2. The van der Waals surface area contributed by atoms with Gasteiger partial charge in [0.05, 0.1) is 55.7 Å². The molecule has 46 heavy (non-hydrogen) atoms. The van der Waals surface area contributed by atoms with E-state index in [1.54, 1.807) is 0 Å². The summed E-state index contributed by atoms with van der Waals surface area (Å²) >= 11 is 5.87. The fourth-order valence-electron chi connectivity index (χ4n) is 5.60. The van der Waals surface area contributed by atoms with Crippen LogP contribution in [0.5, 0.6) is 46.0 Å². The maximum atomic E-state index is 10.0. The van der Waals surface area contributed by atoms with Crippen LogP contribution in [0.2, 0.25) is 0 Å². The van der Waals surface area contributed by atoms with Crippen LogP contribution < -0.4 is 37.9 Å². The van der Waals surface area contributed by atoms with E-state index in [4.69, 9.17) is 37.9 Å². The van der Waals surface area contributed by atoms with E-state index in [9.17, 15) is 20.4 Å². The maximum absolute atomic E-state index is 10.0. The lowest BCUT2D eigenvalue weighted by Crippen LogP contribution is -2.32. The van der Waals surface area contributed by atoms with Gasteiger partial charge in [0.25, 0.3) is 0 Å². The Labute approximate surface area is 278 Å². The van der Waals surface area contributed by atoms with Crippen molar-refractivity contribution < 1.29 is 58.3 Å². The van der Waals surface area contributed by atoms with Crippen molar-refractivity contribution in [3.63, 3.8) is 0 Å². The molecule has 4 aliphatic rings. The summed E-state index contributed by atoms with van der Waals surface area (Å²) in [6.07, 6.45) is -2.09. The predicted molar refractivity (Wildman–Crippen MR) is 172 cm³/mol. The van der Waals surface area contributed by atoms with Crippen molar-refractivity contribution >= 4 is 45.3 Å². The van der Waals surface area contributed by atoms with Gasteiger partial charge in [0.1, 0.15) is 26.4 Å². The van der Waals surface area contributed by atoms with Crippen LogP contribution in [0.25, 0.3) is 29.3 Å². The molecule has 0 aliphatic carbocycles. The first-order valence-electron chi connectivity index (χ1n) is 14.6. The van der Waals surface area contributed by atoms with Gasteiger partial charge in [-0.15, -0.1) is 45.3 Å². The molecule has 16 heteroatoms. The van der Waals surface area contributed by atoms with Crippen LogP contribution in [0.3, 0.4) is 0 Å². The van der Waals surface area contributed by atoms with Crippen LogP contribution in [0, 0.1) is 13.8 Å². The van der Waals surface area contributed by atoms with Crippen LogP contribution in [0.4, 0.5) is 0 Å². The third kappa shape index (κ3) is 4.80. The number of hydrogen-bond donors (Lipinski definition) is 4. The third-order valence-corrected chi connectivity index (χ3v) is 12.8. The van der Waals surface area contributed by atoms with Gasteiger partial charge in [0, 0.05) is 9.75 Å². The highest BCUT2D eigenvalue weighted by molar-refractivity contribution is 7.29. The van der Waals surface area contributed by atoms with E-state index >= 15 is 0 Å². The van der Waals surface area contributed by atoms with Crippen molar-refractivity contribution in [2.24, 2.45) is 0 Å².